The van der Waals surface area contributed by atoms with Gasteiger partial charge in [-0.3, -0.25) is 10.0 Å². The smallest absolute Gasteiger partial charge is 0.329 e. The molecule has 2 aromatic rings. The van der Waals surface area contributed by atoms with E-state index in [9.17, 15) is 19.9 Å². The van der Waals surface area contributed by atoms with Gasteiger partial charge in [-0.15, -0.1) is 0 Å². The minimum absolute atomic E-state index is 0.0847. The molecule has 0 spiro atoms. The predicted molar refractivity (Wildman–Crippen MR) is 107 cm³/mol. The number of fused-ring (bicyclic) bond motifs is 1. The molecule has 2 heterocycles. The first kappa shape index (κ1) is 19.2. The first-order valence-electron chi connectivity index (χ1n) is 9.75. The predicted octanol–water partition coefficient (Wildman–Crippen LogP) is 2.93. The van der Waals surface area contributed by atoms with E-state index in [0.717, 1.165) is 16.2 Å². The summed E-state index contributed by atoms with van der Waals surface area (Å²) in [5.41, 5.74) is 2.42. The van der Waals surface area contributed by atoms with E-state index in [1.165, 1.54) is 0 Å². The molecular weight excluding hydrogens is 368 g/mol. The Morgan fingerprint density at radius 3 is 2.17 bits per heavy atom. The summed E-state index contributed by atoms with van der Waals surface area (Å²) in [6.45, 7) is 2.04. The maximum absolute atomic E-state index is 13.4. The number of carboxylic acids is 1. The van der Waals surface area contributed by atoms with Gasteiger partial charge in [0.2, 0.25) is 5.91 Å². The zero-order chi connectivity index (χ0) is 20.5. The quantitative estimate of drug-likeness (QED) is 0.818. The molecule has 2 N–H and O–H groups in total. The number of carbonyl (C=O) groups excluding carboxylic acids is 1. The molecule has 1 saturated heterocycles. The molecule has 1 amide bonds. The number of amides is 1. The van der Waals surface area contributed by atoms with E-state index in [4.69, 9.17) is 0 Å². The van der Waals surface area contributed by atoms with Crippen LogP contribution in [0.2, 0.25) is 0 Å². The maximum Gasteiger partial charge on any atom is 0.329 e. The molecule has 2 aliphatic rings. The number of likely N-dealkylation sites (tertiary alicyclic amines) is 1. The molecule has 2 aromatic carbocycles. The summed E-state index contributed by atoms with van der Waals surface area (Å²) in [6.07, 6.45) is 2.24. The Bertz CT molecular complexity index is 928. The van der Waals surface area contributed by atoms with Crippen LogP contribution >= 0.6 is 0 Å². The van der Waals surface area contributed by atoms with E-state index in [1.807, 2.05) is 60.7 Å². The van der Waals surface area contributed by atoms with Crippen LogP contribution in [0.4, 0.5) is 0 Å². The zero-order valence-electron chi connectivity index (χ0n) is 16.2. The van der Waals surface area contributed by atoms with Crippen LogP contribution < -0.4 is 0 Å². The molecule has 1 fully saturated rings. The van der Waals surface area contributed by atoms with E-state index in [-0.39, 0.29) is 11.9 Å². The van der Waals surface area contributed by atoms with Crippen molar-refractivity contribution in [3.05, 3.63) is 83.6 Å². The standard InChI is InChI=1S/C23H24N2O4/c1-15-12-18-20(21(23(27)28)25(15)29)19(13-16-8-4-2-5-9-16)24(22(18)26)14-17-10-6-3-7-11-17/h2-12,18-21,29H,13-14H2,1H3,(H,27,28). The molecule has 29 heavy (non-hydrogen) atoms. The molecule has 4 unspecified atom stereocenters. The number of hydrogen-bond acceptors (Lipinski definition) is 4. The van der Waals surface area contributed by atoms with E-state index < -0.39 is 23.8 Å². The number of carboxylic acid groups (broad SMARTS) is 1. The van der Waals surface area contributed by atoms with Crippen LogP contribution in [0.25, 0.3) is 0 Å². The number of rotatable bonds is 5. The molecule has 0 saturated carbocycles. The summed E-state index contributed by atoms with van der Waals surface area (Å²) in [4.78, 5) is 27.2. The van der Waals surface area contributed by atoms with Gasteiger partial charge < -0.3 is 10.0 Å². The molecule has 150 valence electrons. The van der Waals surface area contributed by atoms with Crippen LogP contribution in [0, 0.1) is 11.8 Å². The van der Waals surface area contributed by atoms with Crippen molar-refractivity contribution in [3.63, 3.8) is 0 Å². The largest absolute Gasteiger partial charge is 0.480 e. The second kappa shape index (κ2) is 7.72. The second-order valence-electron chi connectivity index (χ2n) is 7.75. The summed E-state index contributed by atoms with van der Waals surface area (Å²) in [5.74, 6) is -2.31. The average Bonchev–Trinajstić information content (AvgIpc) is 2.95. The number of hydroxylamine groups is 2. The van der Waals surface area contributed by atoms with Gasteiger partial charge in [-0.25, -0.2) is 9.86 Å². The molecule has 2 aliphatic heterocycles. The van der Waals surface area contributed by atoms with Crippen molar-refractivity contribution in [2.75, 3.05) is 0 Å². The lowest BCUT2D eigenvalue weighted by atomic mass is 9.78. The number of aliphatic carboxylic acids is 1. The van der Waals surface area contributed by atoms with Gasteiger partial charge in [0, 0.05) is 24.2 Å². The van der Waals surface area contributed by atoms with Crippen LogP contribution in [0.15, 0.2) is 72.4 Å². The van der Waals surface area contributed by atoms with Gasteiger partial charge in [0.05, 0.1) is 5.92 Å². The summed E-state index contributed by atoms with van der Waals surface area (Å²) in [7, 11) is 0. The van der Waals surface area contributed by atoms with Crippen molar-refractivity contribution in [2.24, 2.45) is 11.8 Å². The van der Waals surface area contributed by atoms with Crippen molar-refractivity contribution in [1.82, 2.24) is 9.96 Å². The summed E-state index contributed by atoms with van der Waals surface area (Å²) in [5, 5.41) is 21.1. The van der Waals surface area contributed by atoms with Crippen molar-refractivity contribution in [1.29, 1.82) is 0 Å². The van der Waals surface area contributed by atoms with E-state index >= 15 is 0 Å². The van der Waals surface area contributed by atoms with Gasteiger partial charge in [-0.05, 0) is 24.5 Å². The molecule has 4 rings (SSSR count). The highest BCUT2D eigenvalue weighted by Crippen LogP contribution is 2.42. The first-order chi connectivity index (χ1) is 14.0. The van der Waals surface area contributed by atoms with E-state index in [0.29, 0.717) is 18.7 Å². The van der Waals surface area contributed by atoms with E-state index in [2.05, 4.69) is 0 Å². The highest BCUT2D eigenvalue weighted by atomic mass is 16.5. The Labute approximate surface area is 169 Å². The first-order valence-corrected chi connectivity index (χ1v) is 9.75. The van der Waals surface area contributed by atoms with Gasteiger partial charge in [-0.2, -0.15) is 0 Å². The van der Waals surface area contributed by atoms with Gasteiger partial charge in [0.25, 0.3) is 0 Å². The molecule has 0 bridgehead atoms. The normalized spacial score (nSPS) is 26.3. The monoisotopic (exact) mass is 392 g/mol. The zero-order valence-corrected chi connectivity index (χ0v) is 16.2. The topological polar surface area (TPSA) is 81.1 Å². The molecule has 4 atom stereocenters. The molecule has 0 radical (unpaired) electrons. The third-order valence-corrected chi connectivity index (χ3v) is 5.97. The summed E-state index contributed by atoms with van der Waals surface area (Å²) >= 11 is 0. The molecular formula is C23H24N2O4. The third kappa shape index (κ3) is 3.51. The fourth-order valence-corrected chi connectivity index (χ4v) is 4.62. The van der Waals surface area contributed by atoms with Gasteiger partial charge in [0.1, 0.15) is 0 Å². The summed E-state index contributed by atoms with van der Waals surface area (Å²) in [6, 6.07) is 18.0. The number of benzene rings is 2. The number of allylic oxidation sites excluding steroid dienone is 1. The lowest BCUT2D eigenvalue weighted by molar-refractivity contribution is -0.171. The third-order valence-electron chi connectivity index (χ3n) is 5.97. The molecule has 0 aromatic heterocycles. The van der Waals surface area contributed by atoms with Crippen molar-refractivity contribution >= 4 is 11.9 Å². The van der Waals surface area contributed by atoms with Gasteiger partial charge >= 0.3 is 5.97 Å². The fraction of sp³-hybridized carbons (Fsp3) is 0.304. The maximum atomic E-state index is 13.4. The Balaban J connectivity index is 1.75. The Hall–Kier alpha value is -3.12. The van der Waals surface area contributed by atoms with Gasteiger partial charge in [-0.1, -0.05) is 66.7 Å². The number of hydrogen-bond donors (Lipinski definition) is 2. The van der Waals surface area contributed by atoms with E-state index in [1.54, 1.807) is 17.9 Å². The van der Waals surface area contributed by atoms with Crippen LogP contribution in [-0.4, -0.2) is 44.2 Å². The molecule has 6 nitrogen and oxygen atoms in total. The lowest BCUT2D eigenvalue weighted by Gasteiger charge is -2.38. The molecule has 0 aliphatic carbocycles. The Kier molecular flexibility index (Phi) is 5.11. The molecule has 6 heteroatoms. The fourth-order valence-electron chi connectivity index (χ4n) is 4.62. The Morgan fingerprint density at radius 1 is 1.00 bits per heavy atom. The average molecular weight is 392 g/mol. The second-order valence-corrected chi connectivity index (χ2v) is 7.75. The van der Waals surface area contributed by atoms with Crippen LogP contribution in [0.5, 0.6) is 0 Å². The highest BCUT2D eigenvalue weighted by molar-refractivity contribution is 5.87. The van der Waals surface area contributed by atoms with Crippen molar-refractivity contribution in [3.8, 4) is 0 Å². The van der Waals surface area contributed by atoms with Gasteiger partial charge in [0.15, 0.2) is 6.04 Å². The Morgan fingerprint density at radius 2 is 1.59 bits per heavy atom. The highest BCUT2D eigenvalue weighted by Gasteiger charge is 2.55. The minimum Gasteiger partial charge on any atom is -0.480 e. The van der Waals surface area contributed by atoms with Crippen molar-refractivity contribution in [2.45, 2.75) is 32.0 Å². The van der Waals surface area contributed by atoms with Crippen molar-refractivity contribution < 1.29 is 19.9 Å². The number of nitrogens with zero attached hydrogens (tertiary/aromatic N) is 2. The summed E-state index contributed by atoms with van der Waals surface area (Å²) < 4.78 is 0. The SMILES string of the molecule is CC1=CC2C(=O)N(Cc3ccccc3)C(Cc3ccccc3)C2C(C(=O)O)N1O. The van der Waals surface area contributed by atoms with Crippen LogP contribution in [-0.2, 0) is 22.6 Å². The lowest BCUT2D eigenvalue weighted by Crippen LogP contribution is -2.52. The van der Waals surface area contributed by atoms with Crippen LogP contribution in [0.1, 0.15) is 18.1 Å². The van der Waals surface area contributed by atoms with Crippen LogP contribution in [0.3, 0.4) is 0 Å². The number of carbonyl (C=O) groups is 2. The minimum atomic E-state index is -1.16.